The number of benzene rings is 2. The zero-order valence-corrected chi connectivity index (χ0v) is 17.3. The number of ether oxygens (including phenoxy) is 2. The lowest BCUT2D eigenvalue weighted by atomic mass is 10.1. The molecule has 1 N–H and O–H groups in total. The van der Waals surface area contributed by atoms with Crippen LogP contribution in [0.3, 0.4) is 0 Å². The Labute approximate surface area is 175 Å². The Bertz CT molecular complexity index is 1040. The molecule has 1 heterocycles. The molecular formula is C23H25N3O4. The van der Waals surface area contributed by atoms with Gasteiger partial charge in [0.2, 0.25) is 5.91 Å². The van der Waals surface area contributed by atoms with Crippen molar-refractivity contribution < 1.29 is 14.3 Å². The number of hydrogen-bond acceptors (Lipinski definition) is 5. The highest BCUT2D eigenvalue weighted by atomic mass is 16.5. The summed E-state index contributed by atoms with van der Waals surface area (Å²) < 4.78 is 12.0. The van der Waals surface area contributed by atoms with E-state index in [1.807, 2.05) is 55.5 Å². The molecule has 0 aliphatic carbocycles. The van der Waals surface area contributed by atoms with Crippen LogP contribution in [0.25, 0.3) is 11.3 Å². The Hall–Kier alpha value is -3.61. The van der Waals surface area contributed by atoms with Crippen molar-refractivity contribution in [3.8, 4) is 22.8 Å². The lowest BCUT2D eigenvalue weighted by Crippen LogP contribution is -2.38. The van der Waals surface area contributed by atoms with Gasteiger partial charge in [0.1, 0.15) is 24.1 Å². The lowest BCUT2D eigenvalue weighted by molar-refractivity contribution is -0.124. The molecule has 1 unspecified atom stereocenters. The minimum Gasteiger partial charge on any atom is -0.497 e. The van der Waals surface area contributed by atoms with Crippen molar-refractivity contribution in [2.45, 2.75) is 19.9 Å². The standard InChI is InChI=1S/C23H25N3O4/c1-16-4-8-20(9-5-16)30-15-14-24-23(28)17(2)26-22(27)13-12-21(25-26)18-6-10-19(29-3)11-7-18/h4-13,17H,14-15H2,1-3H3,(H,24,28). The average Bonchev–Trinajstić information content (AvgIpc) is 2.77. The Morgan fingerprint density at radius 2 is 1.70 bits per heavy atom. The van der Waals surface area contributed by atoms with E-state index in [1.54, 1.807) is 20.1 Å². The molecule has 1 atom stereocenters. The number of rotatable bonds is 8. The quantitative estimate of drug-likeness (QED) is 0.581. The summed E-state index contributed by atoms with van der Waals surface area (Å²) in [5.41, 5.74) is 2.23. The predicted molar refractivity (Wildman–Crippen MR) is 115 cm³/mol. The summed E-state index contributed by atoms with van der Waals surface area (Å²) in [6.07, 6.45) is 0. The molecule has 1 amide bonds. The van der Waals surface area contributed by atoms with Crippen LogP contribution < -0.4 is 20.3 Å². The minimum absolute atomic E-state index is 0.302. The molecule has 3 rings (SSSR count). The largest absolute Gasteiger partial charge is 0.497 e. The van der Waals surface area contributed by atoms with Gasteiger partial charge in [-0.3, -0.25) is 9.59 Å². The third-order valence-electron chi connectivity index (χ3n) is 4.65. The average molecular weight is 407 g/mol. The van der Waals surface area contributed by atoms with E-state index in [9.17, 15) is 9.59 Å². The molecule has 156 valence electrons. The van der Waals surface area contributed by atoms with Crippen LogP contribution in [0.4, 0.5) is 0 Å². The number of methoxy groups -OCH3 is 1. The van der Waals surface area contributed by atoms with E-state index in [-0.39, 0.29) is 11.5 Å². The van der Waals surface area contributed by atoms with Crippen LogP contribution in [0.5, 0.6) is 11.5 Å². The fourth-order valence-electron chi connectivity index (χ4n) is 2.85. The summed E-state index contributed by atoms with van der Waals surface area (Å²) >= 11 is 0. The highest BCUT2D eigenvalue weighted by Crippen LogP contribution is 2.20. The minimum atomic E-state index is -0.755. The maximum atomic E-state index is 12.5. The van der Waals surface area contributed by atoms with E-state index in [1.165, 1.54) is 10.7 Å². The Morgan fingerprint density at radius 1 is 1.03 bits per heavy atom. The molecule has 3 aromatic rings. The van der Waals surface area contributed by atoms with E-state index >= 15 is 0 Å². The summed E-state index contributed by atoms with van der Waals surface area (Å²) in [6, 6.07) is 17.3. The van der Waals surface area contributed by atoms with Gasteiger partial charge < -0.3 is 14.8 Å². The summed E-state index contributed by atoms with van der Waals surface area (Å²) in [5.74, 6) is 1.17. The zero-order chi connectivity index (χ0) is 21.5. The van der Waals surface area contributed by atoms with Crippen LogP contribution in [-0.2, 0) is 4.79 Å². The monoisotopic (exact) mass is 407 g/mol. The van der Waals surface area contributed by atoms with Gasteiger partial charge in [0.05, 0.1) is 19.3 Å². The van der Waals surface area contributed by atoms with Gasteiger partial charge in [-0.05, 0) is 56.3 Å². The third-order valence-corrected chi connectivity index (χ3v) is 4.65. The van der Waals surface area contributed by atoms with E-state index in [2.05, 4.69) is 10.4 Å². The number of aryl methyl sites for hydroxylation is 1. The number of nitrogens with zero attached hydrogens (tertiary/aromatic N) is 2. The molecule has 30 heavy (non-hydrogen) atoms. The molecular weight excluding hydrogens is 382 g/mol. The van der Waals surface area contributed by atoms with Crippen molar-refractivity contribution in [3.05, 3.63) is 76.6 Å². The molecule has 0 spiro atoms. The first kappa shape index (κ1) is 21.1. The summed E-state index contributed by atoms with van der Waals surface area (Å²) in [6.45, 7) is 4.30. The predicted octanol–water partition coefficient (Wildman–Crippen LogP) is 2.98. The molecule has 0 saturated carbocycles. The van der Waals surface area contributed by atoms with Gasteiger partial charge in [-0.25, -0.2) is 4.68 Å². The molecule has 1 aromatic heterocycles. The Morgan fingerprint density at radius 3 is 2.37 bits per heavy atom. The fourth-order valence-corrected chi connectivity index (χ4v) is 2.85. The number of aromatic nitrogens is 2. The molecule has 0 aliphatic rings. The van der Waals surface area contributed by atoms with Gasteiger partial charge in [-0.15, -0.1) is 0 Å². The molecule has 2 aromatic carbocycles. The van der Waals surface area contributed by atoms with E-state index in [0.717, 1.165) is 22.6 Å². The van der Waals surface area contributed by atoms with Crippen LogP contribution in [0.1, 0.15) is 18.5 Å². The molecule has 0 radical (unpaired) electrons. The zero-order valence-electron chi connectivity index (χ0n) is 17.3. The maximum absolute atomic E-state index is 12.5. The fraction of sp³-hybridized carbons (Fsp3) is 0.261. The van der Waals surface area contributed by atoms with Crippen molar-refractivity contribution in [1.29, 1.82) is 0 Å². The summed E-state index contributed by atoms with van der Waals surface area (Å²) in [4.78, 5) is 24.8. The second-order valence-corrected chi connectivity index (χ2v) is 6.86. The Balaban J connectivity index is 1.61. The number of carbonyl (C=O) groups is 1. The van der Waals surface area contributed by atoms with Gasteiger partial charge in [-0.2, -0.15) is 5.10 Å². The Kier molecular flexibility index (Phi) is 6.85. The van der Waals surface area contributed by atoms with E-state index < -0.39 is 6.04 Å². The summed E-state index contributed by atoms with van der Waals surface area (Å²) in [5, 5.41) is 7.16. The molecule has 0 fully saturated rings. The normalized spacial score (nSPS) is 11.6. The van der Waals surface area contributed by atoms with Gasteiger partial charge in [0, 0.05) is 11.6 Å². The molecule has 0 aliphatic heterocycles. The highest BCUT2D eigenvalue weighted by molar-refractivity contribution is 5.79. The highest BCUT2D eigenvalue weighted by Gasteiger charge is 2.17. The smallest absolute Gasteiger partial charge is 0.267 e. The van der Waals surface area contributed by atoms with Gasteiger partial charge in [-0.1, -0.05) is 17.7 Å². The van der Waals surface area contributed by atoms with Gasteiger partial charge >= 0.3 is 0 Å². The molecule has 7 nitrogen and oxygen atoms in total. The van der Waals surface area contributed by atoms with Crippen LogP contribution in [0.15, 0.2) is 65.5 Å². The molecule has 7 heteroatoms. The molecule has 0 saturated heterocycles. The van der Waals surface area contributed by atoms with Crippen LogP contribution in [0.2, 0.25) is 0 Å². The van der Waals surface area contributed by atoms with E-state index in [0.29, 0.717) is 18.8 Å². The number of hydrogen-bond donors (Lipinski definition) is 1. The second kappa shape index (κ2) is 9.73. The second-order valence-electron chi connectivity index (χ2n) is 6.86. The van der Waals surface area contributed by atoms with Crippen LogP contribution in [0, 0.1) is 6.92 Å². The SMILES string of the molecule is COc1ccc(-c2ccc(=O)n(C(C)C(=O)NCCOc3ccc(C)cc3)n2)cc1. The van der Waals surface area contributed by atoms with Crippen molar-refractivity contribution >= 4 is 5.91 Å². The van der Waals surface area contributed by atoms with Crippen LogP contribution >= 0.6 is 0 Å². The van der Waals surface area contributed by atoms with Crippen molar-refractivity contribution in [2.75, 3.05) is 20.3 Å². The van der Waals surface area contributed by atoms with Gasteiger partial charge in [0.15, 0.2) is 0 Å². The number of carbonyl (C=O) groups excluding carboxylic acids is 1. The topological polar surface area (TPSA) is 82.5 Å². The van der Waals surface area contributed by atoms with Crippen molar-refractivity contribution in [2.24, 2.45) is 0 Å². The first-order chi connectivity index (χ1) is 14.5. The lowest BCUT2D eigenvalue weighted by Gasteiger charge is -2.15. The van der Waals surface area contributed by atoms with Gasteiger partial charge in [0.25, 0.3) is 5.56 Å². The number of nitrogens with one attached hydrogen (secondary N) is 1. The van der Waals surface area contributed by atoms with Crippen molar-refractivity contribution in [3.63, 3.8) is 0 Å². The third kappa shape index (κ3) is 5.26. The maximum Gasteiger partial charge on any atom is 0.267 e. The first-order valence-corrected chi connectivity index (χ1v) is 9.69. The first-order valence-electron chi connectivity index (χ1n) is 9.69. The van der Waals surface area contributed by atoms with E-state index in [4.69, 9.17) is 9.47 Å². The number of amides is 1. The van der Waals surface area contributed by atoms with Crippen LogP contribution in [-0.4, -0.2) is 35.9 Å². The molecule has 0 bridgehead atoms. The summed E-state index contributed by atoms with van der Waals surface area (Å²) in [7, 11) is 1.60. The van der Waals surface area contributed by atoms with Crippen molar-refractivity contribution in [1.82, 2.24) is 15.1 Å².